The highest BCUT2D eigenvalue weighted by Gasteiger charge is 2.28. The SMILES string of the molecule is CC1=CN=CC(C)C1(C)N. The molecule has 0 aliphatic carbocycles. The molecule has 2 unspecified atom stereocenters. The van der Waals surface area contributed by atoms with Crippen LogP contribution in [0.15, 0.2) is 16.8 Å². The molecule has 1 aliphatic heterocycles. The van der Waals surface area contributed by atoms with Crippen LogP contribution >= 0.6 is 0 Å². The second-order valence-electron chi connectivity index (χ2n) is 3.18. The molecular weight excluding hydrogens is 124 g/mol. The molecule has 0 aromatic carbocycles. The van der Waals surface area contributed by atoms with Gasteiger partial charge in [0, 0.05) is 23.9 Å². The molecule has 1 rings (SSSR count). The monoisotopic (exact) mass is 138 g/mol. The standard InChI is InChI=1S/C8H14N2/c1-6-4-10-5-7(2)8(6,3)9/h4-6H,9H2,1-3H3. The van der Waals surface area contributed by atoms with Crippen LogP contribution in [0.3, 0.4) is 0 Å². The maximum atomic E-state index is 6.01. The van der Waals surface area contributed by atoms with E-state index < -0.39 is 0 Å². The van der Waals surface area contributed by atoms with Crippen LogP contribution in [0.1, 0.15) is 20.8 Å². The third-order valence-corrected chi connectivity index (χ3v) is 2.37. The van der Waals surface area contributed by atoms with Crippen LogP contribution < -0.4 is 5.73 Å². The highest BCUT2D eigenvalue weighted by atomic mass is 14.8. The summed E-state index contributed by atoms with van der Waals surface area (Å²) in [7, 11) is 0. The van der Waals surface area contributed by atoms with E-state index in [1.807, 2.05) is 26.3 Å². The fraction of sp³-hybridized carbons (Fsp3) is 0.625. The van der Waals surface area contributed by atoms with Crippen LogP contribution in [0.4, 0.5) is 0 Å². The van der Waals surface area contributed by atoms with E-state index >= 15 is 0 Å². The molecule has 2 nitrogen and oxygen atoms in total. The van der Waals surface area contributed by atoms with E-state index in [1.54, 1.807) is 0 Å². The smallest absolute Gasteiger partial charge is 0.0431 e. The van der Waals surface area contributed by atoms with Crippen molar-refractivity contribution in [1.29, 1.82) is 0 Å². The molecule has 2 N–H and O–H groups in total. The van der Waals surface area contributed by atoms with Crippen molar-refractivity contribution in [2.45, 2.75) is 26.3 Å². The zero-order valence-corrected chi connectivity index (χ0v) is 6.76. The number of nitrogens with zero attached hydrogens (tertiary/aromatic N) is 1. The Morgan fingerprint density at radius 2 is 2.30 bits per heavy atom. The van der Waals surface area contributed by atoms with Gasteiger partial charge in [-0.3, -0.25) is 4.99 Å². The van der Waals surface area contributed by atoms with Crippen LogP contribution in [-0.2, 0) is 0 Å². The molecule has 10 heavy (non-hydrogen) atoms. The largest absolute Gasteiger partial charge is 0.321 e. The summed E-state index contributed by atoms with van der Waals surface area (Å²) in [6.45, 7) is 6.14. The zero-order chi connectivity index (χ0) is 7.78. The van der Waals surface area contributed by atoms with Crippen molar-refractivity contribution >= 4 is 6.21 Å². The van der Waals surface area contributed by atoms with E-state index in [0.29, 0.717) is 5.92 Å². The Morgan fingerprint density at radius 1 is 1.70 bits per heavy atom. The second kappa shape index (κ2) is 2.20. The van der Waals surface area contributed by atoms with Crippen molar-refractivity contribution in [3.8, 4) is 0 Å². The fourth-order valence-corrected chi connectivity index (χ4v) is 0.937. The Bertz CT molecular complexity index is 189. The van der Waals surface area contributed by atoms with E-state index in [2.05, 4.69) is 11.9 Å². The van der Waals surface area contributed by atoms with Crippen LogP contribution in [0.2, 0.25) is 0 Å². The summed E-state index contributed by atoms with van der Waals surface area (Å²) in [4.78, 5) is 4.07. The van der Waals surface area contributed by atoms with Gasteiger partial charge in [0.1, 0.15) is 0 Å². The van der Waals surface area contributed by atoms with Crippen molar-refractivity contribution in [1.82, 2.24) is 0 Å². The molecule has 0 radical (unpaired) electrons. The molecule has 0 aromatic rings. The van der Waals surface area contributed by atoms with Gasteiger partial charge in [-0.15, -0.1) is 0 Å². The van der Waals surface area contributed by atoms with E-state index in [1.165, 1.54) is 0 Å². The molecule has 1 aliphatic rings. The van der Waals surface area contributed by atoms with Gasteiger partial charge >= 0.3 is 0 Å². The summed E-state index contributed by atoms with van der Waals surface area (Å²) in [5.74, 6) is 0.345. The van der Waals surface area contributed by atoms with E-state index in [0.717, 1.165) is 5.57 Å². The summed E-state index contributed by atoms with van der Waals surface area (Å²) in [5, 5.41) is 0. The van der Waals surface area contributed by atoms with Crippen molar-refractivity contribution < 1.29 is 0 Å². The van der Waals surface area contributed by atoms with Gasteiger partial charge in [0.05, 0.1) is 0 Å². The number of hydrogen-bond acceptors (Lipinski definition) is 2. The van der Waals surface area contributed by atoms with Gasteiger partial charge < -0.3 is 5.73 Å². The maximum absolute atomic E-state index is 6.01. The molecule has 56 valence electrons. The summed E-state index contributed by atoms with van der Waals surface area (Å²) in [6, 6.07) is 0. The van der Waals surface area contributed by atoms with Gasteiger partial charge in [-0.2, -0.15) is 0 Å². The molecule has 0 saturated heterocycles. The maximum Gasteiger partial charge on any atom is 0.0431 e. The minimum Gasteiger partial charge on any atom is -0.321 e. The van der Waals surface area contributed by atoms with Gasteiger partial charge in [0.2, 0.25) is 0 Å². The average Bonchev–Trinajstić information content (AvgIpc) is 1.84. The number of aliphatic imine (C=N–C) groups is 1. The Labute approximate surface area is 61.8 Å². The third-order valence-electron chi connectivity index (χ3n) is 2.37. The van der Waals surface area contributed by atoms with Gasteiger partial charge in [0.25, 0.3) is 0 Å². The highest BCUT2D eigenvalue weighted by molar-refractivity contribution is 5.66. The molecule has 0 aromatic heterocycles. The van der Waals surface area contributed by atoms with Gasteiger partial charge in [0.15, 0.2) is 0 Å². The first-order chi connectivity index (χ1) is 4.55. The van der Waals surface area contributed by atoms with Gasteiger partial charge in [-0.1, -0.05) is 6.92 Å². The fourth-order valence-electron chi connectivity index (χ4n) is 0.937. The summed E-state index contributed by atoms with van der Waals surface area (Å²) >= 11 is 0. The van der Waals surface area contributed by atoms with Crippen LogP contribution in [0.25, 0.3) is 0 Å². The Kier molecular flexibility index (Phi) is 1.65. The lowest BCUT2D eigenvalue weighted by Gasteiger charge is -2.32. The molecule has 0 fully saturated rings. The quantitative estimate of drug-likeness (QED) is 0.538. The molecule has 1 heterocycles. The second-order valence-corrected chi connectivity index (χ2v) is 3.18. The first kappa shape index (κ1) is 7.48. The lowest BCUT2D eigenvalue weighted by Crippen LogP contribution is -2.45. The van der Waals surface area contributed by atoms with E-state index in [9.17, 15) is 0 Å². The van der Waals surface area contributed by atoms with Crippen molar-refractivity contribution in [2.75, 3.05) is 0 Å². The van der Waals surface area contributed by atoms with Crippen molar-refractivity contribution in [3.05, 3.63) is 11.8 Å². The zero-order valence-electron chi connectivity index (χ0n) is 6.76. The van der Waals surface area contributed by atoms with Crippen LogP contribution in [0.5, 0.6) is 0 Å². The van der Waals surface area contributed by atoms with Gasteiger partial charge in [-0.25, -0.2) is 0 Å². The topological polar surface area (TPSA) is 38.4 Å². The highest BCUT2D eigenvalue weighted by Crippen LogP contribution is 2.24. The van der Waals surface area contributed by atoms with Crippen LogP contribution in [-0.4, -0.2) is 11.8 Å². The Hall–Kier alpha value is -0.630. The molecule has 0 bridgehead atoms. The third kappa shape index (κ3) is 0.991. The number of rotatable bonds is 0. The first-order valence-corrected chi connectivity index (χ1v) is 3.54. The lowest BCUT2D eigenvalue weighted by molar-refractivity contribution is 0.456. The molecule has 0 saturated carbocycles. The predicted octanol–water partition coefficient (Wildman–Crippen LogP) is 1.33. The molecular formula is C8H14N2. The molecule has 2 heteroatoms. The molecule has 0 amide bonds. The van der Waals surface area contributed by atoms with E-state index in [-0.39, 0.29) is 5.54 Å². The summed E-state index contributed by atoms with van der Waals surface area (Å²) < 4.78 is 0. The molecule has 2 atom stereocenters. The van der Waals surface area contributed by atoms with Gasteiger partial charge in [-0.05, 0) is 19.4 Å². The van der Waals surface area contributed by atoms with Crippen LogP contribution in [0, 0.1) is 5.92 Å². The Balaban J connectivity index is 2.93. The summed E-state index contributed by atoms with van der Waals surface area (Å²) in [5.41, 5.74) is 6.97. The Morgan fingerprint density at radius 3 is 2.70 bits per heavy atom. The first-order valence-electron chi connectivity index (χ1n) is 3.54. The minimum absolute atomic E-state index is 0.193. The van der Waals surface area contributed by atoms with Crippen molar-refractivity contribution in [2.24, 2.45) is 16.6 Å². The number of hydrogen-bond donors (Lipinski definition) is 1. The predicted molar refractivity (Wildman–Crippen MR) is 44.0 cm³/mol. The van der Waals surface area contributed by atoms with Crippen molar-refractivity contribution in [3.63, 3.8) is 0 Å². The normalized spacial score (nSPS) is 39.6. The molecule has 0 spiro atoms. The van der Waals surface area contributed by atoms with E-state index in [4.69, 9.17) is 5.73 Å². The lowest BCUT2D eigenvalue weighted by atomic mass is 9.82. The average molecular weight is 138 g/mol. The summed E-state index contributed by atoms with van der Waals surface area (Å²) in [6.07, 6.45) is 3.73. The minimum atomic E-state index is -0.193. The number of nitrogens with two attached hydrogens (primary N) is 1.